The zero-order valence-corrected chi connectivity index (χ0v) is 9.03. The average molecular weight is 206 g/mol. The van der Waals surface area contributed by atoms with Crippen molar-refractivity contribution in [3.63, 3.8) is 0 Å². The van der Waals surface area contributed by atoms with E-state index in [-0.39, 0.29) is 0 Å². The Morgan fingerprint density at radius 1 is 1.43 bits per heavy atom. The molecule has 0 aliphatic heterocycles. The molecule has 0 amide bonds. The SMILES string of the molecule is CSCc1c[nH]c2ccc(CN)cc12. The summed E-state index contributed by atoms with van der Waals surface area (Å²) in [5, 5.41) is 1.31. The van der Waals surface area contributed by atoms with E-state index in [0.717, 1.165) is 5.75 Å². The lowest BCUT2D eigenvalue weighted by Crippen LogP contribution is -1.95. The Balaban J connectivity index is 2.52. The number of hydrogen-bond donors (Lipinski definition) is 2. The van der Waals surface area contributed by atoms with Crippen LogP contribution in [0.3, 0.4) is 0 Å². The molecule has 1 aromatic carbocycles. The van der Waals surface area contributed by atoms with Crippen LogP contribution in [0.25, 0.3) is 10.9 Å². The molecular formula is C11H14N2S. The van der Waals surface area contributed by atoms with Crippen LogP contribution in [-0.4, -0.2) is 11.2 Å². The van der Waals surface area contributed by atoms with E-state index in [1.807, 2.05) is 11.8 Å². The van der Waals surface area contributed by atoms with Gasteiger partial charge in [0.05, 0.1) is 0 Å². The fraction of sp³-hybridized carbons (Fsp3) is 0.273. The first-order chi connectivity index (χ1) is 6.85. The molecule has 0 aliphatic rings. The van der Waals surface area contributed by atoms with E-state index in [0.29, 0.717) is 6.54 Å². The van der Waals surface area contributed by atoms with E-state index in [9.17, 15) is 0 Å². The molecule has 0 bridgehead atoms. The first kappa shape index (κ1) is 9.62. The largest absolute Gasteiger partial charge is 0.361 e. The van der Waals surface area contributed by atoms with Crippen LogP contribution < -0.4 is 5.73 Å². The second kappa shape index (κ2) is 4.07. The maximum atomic E-state index is 5.62. The molecular weight excluding hydrogens is 192 g/mol. The molecule has 0 radical (unpaired) electrons. The Morgan fingerprint density at radius 2 is 2.29 bits per heavy atom. The molecule has 74 valence electrons. The Labute approximate surface area is 87.9 Å². The maximum absolute atomic E-state index is 5.62. The maximum Gasteiger partial charge on any atom is 0.0457 e. The first-order valence-electron chi connectivity index (χ1n) is 4.63. The quantitative estimate of drug-likeness (QED) is 0.810. The molecule has 0 atom stereocenters. The van der Waals surface area contributed by atoms with Crippen LogP contribution in [0.15, 0.2) is 24.4 Å². The molecule has 0 saturated heterocycles. The molecule has 0 unspecified atom stereocenters. The number of benzene rings is 1. The molecule has 2 nitrogen and oxygen atoms in total. The number of thioether (sulfide) groups is 1. The zero-order chi connectivity index (χ0) is 9.97. The Bertz CT molecular complexity index is 434. The first-order valence-corrected chi connectivity index (χ1v) is 6.02. The van der Waals surface area contributed by atoms with Crippen LogP contribution in [0.2, 0.25) is 0 Å². The van der Waals surface area contributed by atoms with Gasteiger partial charge in [0.15, 0.2) is 0 Å². The third-order valence-electron chi connectivity index (χ3n) is 2.37. The van der Waals surface area contributed by atoms with Crippen molar-refractivity contribution >= 4 is 22.7 Å². The lowest BCUT2D eigenvalue weighted by Gasteiger charge is -1.99. The van der Waals surface area contributed by atoms with Gasteiger partial charge in [-0.1, -0.05) is 6.07 Å². The number of hydrogen-bond acceptors (Lipinski definition) is 2. The van der Waals surface area contributed by atoms with Gasteiger partial charge in [-0.15, -0.1) is 0 Å². The number of H-pyrrole nitrogens is 1. The predicted octanol–water partition coefficient (Wildman–Crippen LogP) is 2.49. The normalized spacial score (nSPS) is 11.0. The van der Waals surface area contributed by atoms with Crippen molar-refractivity contribution in [1.29, 1.82) is 0 Å². The molecule has 0 aliphatic carbocycles. The number of aromatic nitrogens is 1. The molecule has 1 heterocycles. The predicted molar refractivity (Wildman–Crippen MR) is 63.4 cm³/mol. The molecule has 2 aromatic rings. The molecule has 0 saturated carbocycles. The van der Waals surface area contributed by atoms with Crippen LogP contribution in [0.4, 0.5) is 0 Å². The molecule has 14 heavy (non-hydrogen) atoms. The van der Waals surface area contributed by atoms with Gasteiger partial charge in [-0.05, 0) is 29.5 Å². The van der Waals surface area contributed by atoms with Crippen molar-refractivity contribution in [2.45, 2.75) is 12.3 Å². The summed E-state index contributed by atoms with van der Waals surface area (Å²) in [4.78, 5) is 3.27. The molecule has 0 fully saturated rings. The van der Waals surface area contributed by atoms with Crippen LogP contribution in [-0.2, 0) is 12.3 Å². The van der Waals surface area contributed by atoms with Gasteiger partial charge in [-0.2, -0.15) is 11.8 Å². The van der Waals surface area contributed by atoms with Gasteiger partial charge in [0.1, 0.15) is 0 Å². The van der Waals surface area contributed by atoms with E-state index < -0.39 is 0 Å². The summed E-state index contributed by atoms with van der Waals surface area (Å²) >= 11 is 1.84. The molecule has 2 rings (SSSR count). The summed E-state index contributed by atoms with van der Waals surface area (Å²) in [6, 6.07) is 6.35. The highest BCUT2D eigenvalue weighted by molar-refractivity contribution is 7.97. The number of nitrogens with two attached hydrogens (primary N) is 1. The lowest BCUT2D eigenvalue weighted by atomic mass is 10.1. The minimum atomic E-state index is 0.611. The van der Waals surface area contributed by atoms with Gasteiger partial charge in [0, 0.05) is 29.4 Å². The summed E-state index contributed by atoms with van der Waals surface area (Å²) in [6.45, 7) is 0.611. The molecule has 3 N–H and O–H groups in total. The second-order valence-electron chi connectivity index (χ2n) is 3.33. The summed E-state index contributed by atoms with van der Waals surface area (Å²) in [6.07, 6.45) is 4.20. The topological polar surface area (TPSA) is 41.8 Å². The third-order valence-corrected chi connectivity index (χ3v) is 2.97. The molecule has 0 spiro atoms. The van der Waals surface area contributed by atoms with E-state index in [2.05, 4.69) is 35.6 Å². The van der Waals surface area contributed by atoms with Crippen molar-refractivity contribution in [2.75, 3.05) is 6.26 Å². The highest BCUT2D eigenvalue weighted by Crippen LogP contribution is 2.22. The van der Waals surface area contributed by atoms with E-state index >= 15 is 0 Å². The molecule has 1 aromatic heterocycles. The minimum Gasteiger partial charge on any atom is -0.361 e. The van der Waals surface area contributed by atoms with E-state index in [1.165, 1.54) is 22.0 Å². The van der Waals surface area contributed by atoms with Gasteiger partial charge in [0.2, 0.25) is 0 Å². The van der Waals surface area contributed by atoms with Crippen LogP contribution in [0, 0.1) is 0 Å². The average Bonchev–Trinajstić information content (AvgIpc) is 2.61. The summed E-state index contributed by atoms with van der Waals surface area (Å²) < 4.78 is 0. The lowest BCUT2D eigenvalue weighted by molar-refractivity contribution is 1.08. The standard InChI is InChI=1S/C11H14N2S/c1-14-7-9-6-13-11-3-2-8(5-12)4-10(9)11/h2-4,6,13H,5,7,12H2,1H3. The van der Waals surface area contributed by atoms with Gasteiger partial charge in [-0.3, -0.25) is 0 Å². The number of rotatable bonds is 3. The smallest absolute Gasteiger partial charge is 0.0457 e. The number of fused-ring (bicyclic) bond motifs is 1. The monoisotopic (exact) mass is 206 g/mol. The summed E-state index contributed by atoms with van der Waals surface area (Å²) in [7, 11) is 0. The van der Waals surface area contributed by atoms with Crippen LogP contribution >= 0.6 is 11.8 Å². The third kappa shape index (κ3) is 1.65. The Morgan fingerprint density at radius 3 is 3.00 bits per heavy atom. The fourth-order valence-electron chi connectivity index (χ4n) is 1.63. The van der Waals surface area contributed by atoms with Gasteiger partial charge >= 0.3 is 0 Å². The minimum absolute atomic E-state index is 0.611. The van der Waals surface area contributed by atoms with Gasteiger partial charge < -0.3 is 10.7 Å². The summed E-state index contributed by atoms with van der Waals surface area (Å²) in [5.74, 6) is 1.05. The van der Waals surface area contributed by atoms with Crippen molar-refractivity contribution < 1.29 is 0 Å². The highest BCUT2D eigenvalue weighted by Gasteiger charge is 2.03. The van der Waals surface area contributed by atoms with Gasteiger partial charge in [-0.25, -0.2) is 0 Å². The van der Waals surface area contributed by atoms with E-state index in [4.69, 9.17) is 5.73 Å². The molecule has 3 heteroatoms. The number of aromatic amines is 1. The van der Waals surface area contributed by atoms with Crippen LogP contribution in [0.1, 0.15) is 11.1 Å². The van der Waals surface area contributed by atoms with Gasteiger partial charge in [0.25, 0.3) is 0 Å². The van der Waals surface area contributed by atoms with Crippen molar-refractivity contribution in [2.24, 2.45) is 5.73 Å². The van der Waals surface area contributed by atoms with Crippen molar-refractivity contribution in [3.8, 4) is 0 Å². The Kier molecular flexibility index (Phi) is 2.79. The Hall–Kier alpha value is -0.930. The van der Waals surface area contributed by atoms with Crippen LogP contribution in [0.5, 0.6) is 0 Å². The van der Waals surface area contributed by atoms with Crippen molar-refractivity contribution in [1.82, 2.24) is 4.98 Å². The number of nitrogens with one attached hydrogen (secondary N) is 1. The van der Waals surface area contributed by atoms with Crippen molar-refractivity contribution in [3.05, 3.63) is 35.5 Å². The zero-order valence-electron chi connectivity index (χ0n) is 8.21. The summed E-state index contributed by atoms with van der Waals surface area (Å²) in [5.41, 5.74) is 9.38. The fourth-order valence-corrected chi connectivity index (χ4v) is 2.18. The second-order valence-corrected chi connectivity index (χ2v) is 4.20. The van der Waals surface area contributed by atoms with E-state index in [1.54, 1.807) is 0 Å². The highest BCUT2D eigenvalue weighted by atomic mass is 32.2.